The number of pyridine rings is 1. The number of nitrogens with zero attached hydrogens (tertiary/aromatic N) is 1. The second-order valence-electron chi connectivity index (χ2n) is 3.14. The van der Waals surface area contributed by atoms with Crippen LogP contribution in [0.15, 0.2) is 24.5 Å². The van der Waals surface area contributed by atoms with Crippen LogP contribution in [0.3, 0.4) is 0 Å². The van der Waals surface area contributed by atoms with E-state index in [1.165, 1.54) is 20.3 Å². The van der Waals surface area contributed by atoms with Crippen molar-refractivity contribution in [2.45, 2.75) is 6.92 Å². The van der Waals surface area contributed by atoms with E-state index in [-0.39, 0.29) is 0 Å². The van der Waals surface area contributed by atoms with Crippen LogP contribution in [-0.2, 0) is 0 Å². The van der Waals surface area contributed by atoms with Crippen LogP contribution < -0.4 is 0 Å². The first kappa shape index (κ1) is 7.09. The highest BCUT2D eigenvalue weighted by Crippen LogP contribution is 2.30. The van der Waals surface area contributed by atoms with Crippen LogP contribution in [0.2, 0.25) is 0 Å². The fourth-order valence-electron chi connectivity index (χ4n) is 1.63. The number of thiophene rings is 1. The summed E-state index contributed by atoms with van der Waals surface area (Å²) >= 11 is 1.83. The zero-order valence-corrected chi connectivity index (χ0v) is 7.98. The molecule has 3 heteroatoms. The number of fused-ring (bicyclic) bond motifs is 3. The first-order valence-electron chi connectivity index (χ1n) is 4.17. The minimum absolute atomic E-state index is 0.981. The molecule has 0 bridgehead atoms. The van der Waals surface area contributed by atoms with Gasteiger partial charge in [-0.05, 0) is 19.1 Å². The number of hydrogen-bond acceptors (Lipinski definition) is 2. The van der Waals surface area contributed by atoms with Crippen molar-refractivity contribution in [3.8, 4) is 0 Å². The first-order valence-corrected chi connectivity index (χ1v) is 4.98. The van der Waals surface area contributed by atoms with E-state index in [1.54, 1.807) is 0 Å². The second-order valence-corrected chi connectivity index (χ2v) is 4.40. The highest BCUT2D eigenvalue weighted by molar-refractivity contribution is 7.20. The molecule has 0 fully saturated rings. The van der Waals surface area contributed by atoms with Gasteiger partial charge in [0.25, 0.3) is 0 Å². The molecule has 0 aromatic carbocycles. The van der Waals surface area contributed by atoms with Crippen molar-refractivity contribution in [1.82, 2.24) is 9.97 Å². The Kier molecular flexibility index (Phi) is 1.27. The van der Waals surface area contributed by atoms with Gasteiger partial charge in [-0.2, -0.15) is 0 Å². The molecule has 2 nitrogen and oxygen atoms in total. The normalized spacial score (nSPS) is 11.5. The summed E-state index contributed by atoms with van der Waals surface area (Å²) in [5.41, 5.74) is 0.981. The molecule has 3 heterocycles. The molecule has 3 aromatic rings. The van der Waals surface area contributed by atoms with Gasteiger partial charge in [-0.15, -0.1) is 11.3 Å². The van der Waals surface area contributed by atoms with Crippen molar-refractivity contribution in [3.63, 3.8) is 0 Å². The number of aryl methyl sites for hydroxylation is 1. The van der Waals surface area contributed by atoms with Gasteiger partial charge in [0, 0.05) is 32.7 Å². The van der Waals surface area contributed by atoms with E-state index in [4.69, 9.17) is 0 Å². The summed E-state index contributed by atoms with van der Waals surface area (Å²) < 4.78 is 1.34. The molecule has 0 radical (unpaired) electrons. The van der Waals surface area contributed by atoms with Crippen LogP contribution >= 0.6 is 11.3 Å². The lowest BCUT2D eigenvalue weighted by molar-refractivity contribution is 1.34. The zero-order valence-electron chi connectivity index (χ0n) is 7.16. The predicted octanol–water partition coefficient (Wildman–Crippen LogP) is 3.09. The molecule has 64 valence electrons. The Bertz CT molecular complexity index is 577. The highest BCUT2D eigenvalue weighted by Gasteiger charge is 2.04. The topological polar surface area (TPSA) is 28.7 Å². The number of aromatic nitrogens is 2. The van der Waals surface area contributed by atoms with Crippen LogP contribution in [0.1, 0.15) is 4.88 Å². The SMILES string of the molecule is Cc1cc2cnc3[nH]ccc3c2s1. The van der Waals surface area contributed by atoms with Crippen molar-refractivity contribution in [3.05, 3.63) is 29.4 Å². The van der Waals surface area contributed by atoms with E-state index in [9.17, 15) is 0 Å². The fraction of sp³-hybridized carbons (Fsp3) is 0.100. The molecule has 3 aromatic heterocycles. The molecular weight excluding hydrogens is 180 g/mol. The summed E-state index contributed by atoms with van der Waals surface area (Å²) in [5.74, 6) is 0. The lowest BCUT2D eigenvalue weighted by Crippen LogP contribution is -1.73. The second kappa shape index (κ2) is 2.33. The van der Waals surface area contributed by atoms with Gasteiger partial charge in [0.1, 0.15) is 5.65 Å². The molecular formula is C10H8N2S. The van der Waals surface area contributed by atoms with Crippen molar-refractivity contribution < 1.29 is 0 Å². The van der Waals surface area contributed by atoms with E-state index >= 15 is 0 Å². The van der Waals surface area contributed by atoms with Crippen LogP contribution in [-0.4, -0.2) is 9.97 Å². The van der Waals surface area contributed by atoms with Gasteiger partial charge in [0.15, 0.2) is 0 Å². The maximum atomic E-state index is 4.33. The summed E-state index contributed by atoms with van der Waals surface area (Å²) in [7, 11) is 0. The Morgan fingerprint density at radius 3 is 3.31 bits per heavy atom. The van der Waals surface area contributed by atoms with Gasteiger partial charge in [-0.25, -0.2) is 4.98 Å². The molecule has 0 atom stereocenters. The van der Waals surface area contributed by atoms with Crippen LogP contribution in [0, 0.1) is 6.92 Å². The summed E-state index contributed by atoms with van der Waals surface area (Å²) in [6, 6.07) is 4.26. The lowest BCUT2D eigenvalue weighted by Gasteiger charge is -1.89. The van der Waals surface area contributed by atoms with Gasteiger partial charge in [0.2, 0.25) is 0 Å². The quantitative estimate of drug-likeness (QED) is 0.577. The Morgan fingerprint density at radius 1 is 1.46 bits per heavy atom. The van der Waals surface area contributed by atoms with Crippen molar-refractivity contribution in [1.29, 1.82) is 0 Å². The number of rotatable bonds is 0. The molecule has 0 aliphatic rings. The van der Waals surface area contributed by atoms with Crippen LogP contribution in [0.4, 0.5) is 0 Å². The lowest BCUT2D eigenvalue weighted by atomic mass is 10.2. The Morgan fingerprint density at radius 2 is 2.38 bits per heavy atom. The highest BCUT2D eigenvalue weighted by atomic mass is 32.1. The standard InChI is InChI=1S/C10H8N2S/c1-6-4-7-5-12-10-8(2-3-11-10)9(7)13-6/h2-5H,1H3,(H,11,12). The number of H-pyrrole nitrogens is 1. The molecule has 0 aliphatic carbocycles. The molecule has 3 rings (SSSR count). The van der Waals surface area contributed by atoms with Crippen molar-refractivity contribution in [2.75, 3.05) is 0 Å². The molecule has 0 saturated heterocycles. The minimum Gasteiger partial charge on any atom is -0.346 e. The van der Waals surface area contributed by atoms with Gasteiger partial charge in [-0.3, -0.25) is 0 Å². The molecule has 0 amide bonds. The zero-order chi connectivity index (χ0) is 8.84. The van der Waals surface area contributed by atoms with E-state index in [1.807, 2.05) is 23.7 Å². The molecule has 0 saturated carbocycles. The van der Waals surface area contributed by atoms with E-state index in [0.717, 1.165) is 5.65 Å². The fourth-order valence-corrected chi connectivity index (χ4v) is 2.64. The Balaban J connectivity index is 2.64. The van der Waals surface area contributed by atoms with Crippen molar-refractivity contribution in [2.24, 2.45) is 0 Å². The van der Waals surface area contributed by atoms with Crippen LogP contribution in [0.25, 0.3) is 21.1 Å². The molecule has 1 N–H and O–H groups in total. The monoisotopic (exact) mass is 188 g/mol. The molecule has 0 spiro atoms. The largest absolute Gasteiger partial charge is 0.346 e. The number of aromatic amines is 1. The number of hydrogen-bond donors (Lipinski definition) is 1. The number of nitrogens with one attached hydrogen (secondary N) is 1. The molecule has 0 aliphatic heterocycles. The average molecular weight is 188 g/mol. The third kappa shape index (κ3) is 0.906. The summed E-state index contributed by atoms with van der Waals surface area (Å²) in [5, 5.41) is 2.48. The third-order valence-electron chi connectivity index (χ3n) is 2.19. The maximum absolute atomic E-state index is 4.33. The van der Waals surface area contributed by atoms with Crippen LogP contribution in [0.5, 0.6) is 0 Å². The smallest absolute Gasteiger partial charge is 0.138 e. The van der Waals surface area contributed by atoms with Gasteiger partial charge >= 0.3 is 0 Å². The van der Waals surface area contributed by atoms with Gasteiger partial charge in [-0.1, -0.05) is 0 Å². The Hall–Kier alpha value is -1.35. The average Bonchev–Trinajstić information content (AvgIpc) is 2.65. The van der Waals surface area contributed by atoms with Gasteiger partial charge < -0.3 is 4.98 Å². The summed E-state index contributed by atoms with van der Waals surface area (Å²) in [6.07, 6.45) is 3.86. The predicted molar refractivity (Wildman–Crippen MR) is 56.2 cm³/mol. The summed E-state index contributed by atoms with van der Waals surface area (Å²) in [4.78, 5) is 8.79. The Labute approximate surface area is 79.2 Å². The van der Waals surface area contributed by atoms with E-state index < -0.39 is 0 Å². The van der Waals surface area contributed by atoms with Gasteiger partial charge in [0.05, 0.1) is 0 Å². The molecule has 13 heavy (non-hydrogen) atoms. The van der Waals surface area contributed by atoms with E-state index in [2.05, 4.69) is 29.0 Å². The minimum atomic E-state index is 0.981. The molecule has 0 unspecified atom stereocenters. The summed E-state index contributed by atoms with van der Waals surface area (Å²) in [6.45, 7) is 2.13. The maximum Gasteiger partial charge on any atom is 0.138 e. The third-order valence-corrected chi connectivity index (χ3v) is 3.29. The van der Waals surface area contributed by atoms with E-state index in [0.29, 0.717) is 0 Å². The van der Waals surface area contributed by atoms with Crippen molar-refractivity contribution >= 4 is 32.5 Å². The first-order chi connectivity index (χ1) is 6.34.